The summed E-state index contributed by atoms with van der Waals surface area (Å²) in [6, 6.07) is 9.60. The van der Waals surface area contributed by atoms with Crippen molar-refractivity contribution < 1.29 is 4.79 Å². The van der Waals surface area contributed by atoms with Crippen LogP contribution in [0.5, 0.6) is 0 Å². The third-order valence-electron chi connectivity index (χ3n) is 1.97. The fraction of sp³-hybridized carbons (Fsp3) is 0.300. The predicted molar refractivity (Wildman–Crippen MR) is 56.8 cm³/mol. The van der Waals surface area contributed by atoms with Gasteiger partial charge < -0.3 is 5.32 Å². The Bertz CT molecular complexity index is 295. The van der Waals surface area contributed by atoms with E-state index in [4.69, 9.17) is 0 Å². The number of alkyl halides is 1. The maximum Gasteiger partial charge on any atom is 0.240 e. The highest BCUT2D eigenvalue weighted by atomic mass is 79.9. The van der Waals surface area contributed by atoms with Crippen molar-refractivity contribution in [2.75, 3.05) is 7.05 Å². The molecule has 1 amide bonds. The van der Waals surface area contributed by atoms with Crippen LogP contribution in [0.25, 0.3) is 0 Å². The summed E-state index contributed by atoms with van der Waals surface area (Å²) in [6.07, 6.45) is 0. The molecule has 1 aromatic rings. The lowest BCUT2D eigenvalue weighted by molar-refractivity contribution is -0.122. The van der Waals surface area contributed by atoms with E-state index in [1.165, 1.54) is 0 Å². The molecule has 0 aliphatic carbocycles. The highest BCUT2D eigenvalue weighted by Crippen LogP contribution is 2.30. The minimum atomic E-state index is -0.636. The largest absolute Gasteiger partial charge is 0.358 e. The summed E-state index contributed by atoms with van der Waals surface area (Å²) in [4.78, 5) is 11.5. The van der Waals surface area contributed by atoms with Crippen molar-refractivity contribution in [3.8, 4) is 0 Å². The Labute approximate surface area is 86.5 Å². The van der Waals surface area contributed by atoms with E-state index >= 15 is 0 Å². The molecule has 0 aromatic heterocycles. The van der Waals surface area contributed by atoms with Crippen LogP contribution in [0.4, 0.5) is 0 Å². The standard InChI is InChI=1S/C10H12BrNO/c1-10(11,9(13)12-2)8-6-4-3-5-7-8/h3-7H,1-2H3,(H,12,13). The Morgan fingerprint density at radius 3 is 2.38 bits per heavy atom. The van der Waals surface area contributed by atoms with Crippen LogP contribution >= 0.6 is 15.9 Å². The number of likely N-dealkylation sites (N-methyl/N-ethyl adjacent to an activating group) is 1. The zero-order chi connectivity index (χ0) is 9.90. The maximum absolute atomic E-state index is 11.5. The first-order valence-corrected chi connectivity index (χ1v) is 4.85. The molecule has 1 unspecified atom stereocenters. The molecule has 0 radical (unpaired) electrons. The van der Waals surface area contributed by atoms with Crippen LogP contribution in [0.1, 0.15) is 12.5 Å². The molecule has 1 atom stereocenters. The molecule has 0 fully saturated rings. The molecule has 70 valence electrons. The molecular formula is C10H12BrNO. The average Bonchev–Trinajstić information content (AvgIpc) is 2.18. The molecule has 3 heteroatoms. The summed E-state index contributed by atoms with van der Waals surface area (Å²) in [5.74, 6) is -0.0429. The van der Waals surface area contributed by atoms with Crippen LogP contribution in [0.3, 0.4) is 0 Å². The third-order valence-corrected chi connectivity index (χ3v) is 2.79. The Hall–Kier alpha value is -0.830. The summed E-state index contributed by atoms with van der Waals surface area (Å²) in [5.41, 5.74) is 0.953. The number of amides is 1. The van der Waals surface area contributed by atoms with Gasteiger partial charge in [0.1, 0.15) is 4.32 Å². The zero-order valence-electron chi connectivity index (χ0n) is 7.67. The molecule has 1 rings (SSSR count). The van der Waals surface area contributed by atoms with Crippen molar-refractivity contribution in [2.45, 2.75) is 11.2 Å². The fourth-order valence-electron chi connectivity index (χ4n) is 1.12. The first-order chi connectivity index (χ1) is 6.09. The van der Waals surface area contributed by atoms with Crippen molar-refractivity contribution in [1.82, 2.24) is 5.32 Å². The molecule has 0 spiro atoms. The van der Waals surface area contributed by atoms with Crippen LogP contribution in [0.15, 0.2) is 30.3 Å². The second kappa shape index (κ2) is 3.92. The number of carbonyl (C=O) groups excluding carboxylic acids is 1. The molecule has 0 heterocycles. The minimum absolute atomic E-state index is 0.0429. The summed E-state index contributed by atoms with van der Waals surface area (Å²) in [5, 5.41) is 2.62. The number of halogens is 1. The lowest BCUT2D eigenvalue weighted by Crippen LogP contribution is -2.35. The number of benzene rings is 1. The van der Waals surface area contributed by atoms with Crippen molar-refractivity contribution in [3.05, 3.63) is 35.9 Å². The van der Waals surface area contributed by atoms with E-state index < -0.39 is 4.32 Å². The lowest BCUT2D eigenvalue weighted by atomic mass is 10.0. The molecular weight excluding hydrogens is 230 g/mol. The van der Waals surface area contributed by atoms with Gasteiger partial charge in [-0.2, -0.15) is 0 Å². The quantitative estimate of drug-likeness (QED) is 0.790. The van der Waals surface area contributed by atoms with Gasteiger partial charge in [-0.15, -0.1) is 0 Å². The lowest BCUT2D eigenvalue weighted by Gasteiger charge is -2.20. The Kier molecular flexibility index (Phi) is 3.09. The number of rotatable bonds is 2. The van der Waals surface area contributed by atoms with Gasteiger partial charge >= 0.3 is 0 Å². The van der Waals surface area contributed by atoms with Gasteiger partial charge in [0.25, 0.3) is 0 Å². The first kappa shape index (κ1) is 10.3. The van der Waals surface area contributed by atoms with E-state index in [-0.39, 0.29) is 5.91 Å². The average molecular weight is 242 g/mol. The fourth-order valence-corrected chi connectivity index (χ4v) is 1.58. The van der Waals surface area contributed by atoms with E-state index in [9.17, 15) is 4.79 Å². The van der Waals surface area contributed by atoms with Gasteiger partial charge in [-0.25, -0.2) is 0 Å². The number of carbonyl (C=O) groups is 1. The SMILES string of the molecule is CNC(=O)C(C)(Br)c1ccccc1. The number of hydrogen-bond donors (Lipinski definition) is 1. The summed E-state index contributed by atoms with van der Waals surface area (Å²) in [6.45, 7) is 1.83. The van der Waals surface area contributed by atoms with E-state index in [2.05, 4.69) is 21.2 Å². The van der Waals surface area contributed by atoms with Crippen LogP contribution in [-0.2, 0) is 9.12 Å². The molecule has 0 aliphatic heterocycles. The van der Waals surface area contributed by atoms with E-state index in [0.29, 0.717) is 0 Å². The molecule has 0 aliphatic rings. The van der Waals surface area contributed by atoms with Gasteiger partial charge in [0, 0.05) is 7.05 Å². The van der Waals surface area contributed by atoms with Crippen LogP contribution in [0, 0.1) is 0 Å². The smallest absolute Gasteiger partial charge is 0.240 e. The minimum Gasteiger partial charge on any atom is -0.358 e. The third kappa shape index (κ3) is 2.10. The second-order valence-electron chi connectivity index (χ2n) is 2.95. The molecule has 1 aromatic carbocycles. The molecule has 0 bridgehead atoms. The van der Waals surface area contributed by atoms with E-state index in [1.807, 2.05) is 37.3 Å². The second-order valence-corrected chi connectivity index (χ2v) is 4.53. The Morgan fingerprint density at radius 1 is 1.38 bits per heavy atom. The van der Waals surface area contributed by atoms with Crippen LogP contribution in [0.2, 0.25) is 0 Å². The molecule has 1 N–H and O–H groups in total. The normalized spacial score (nSPS) is 14.7. The van der Waals surface area contributed by atoms with Crippen LogP contribution in [-0.4, -0.2) is 13.0 Å². The van der Waals surface area contributed by atoms with Gasteiger partial charge in [-0.1, -0.05) is 46.3 Å². The van der Waals surface area contributed by atoms with E-state index in [1.54, 1.807) is 7.05 Å². The molecule has 0 saturated heterocycles. The summed E-state index contributed by atoms with van der Waals surface area (Å²) in [7, 11) is 1.63. The van der Waals surface area contributed by atoms with E-state index in [0.717, 1.165) is 5.56 Å². The number of nitrogens with one attached hydrogen (secondary N) is 1. The molecule has 2 nitrogen and oxygen atoms in total. The predicted octanol–water partition coefficient (Wildman–Crippen LogP) is 2.04. The van der Waals surface area contributed by atoms with Crippen molar-refractivity contribution in [2.24, 2.45) is 0 Å². The highest BCUT2D eigenvalue weighted by Gasteiger charge is 2.30. The van der Waals surface area contributed by atoms with Gasteiger partial charge in [-0.05, 0) is 12.5 Å². The molecule has 13 heavy (non-hydrogen) atoms. The monoisotopic (exact) mass is 241 g/mol. The highest BCUT2D eigenvalue weighted by molar-refractivity contribution is 9.10. The van der Waals surface area contributed by atoms with Crippen molar-refractivity contribution in [1.29, 1.82) is 0 Å². The topological polar surface area (TPSA) is 29.1 Å². The van der Waals surface area contributed by atoms with Crippen molar-refractivity contribution in [3.63, 3.8) is 0 Å². The maximum atomic E-state index is 11.5. The first-order valence-electron chi connectivity index (χ1n) is 4.05. The summed E-state index contributed by atoms with van der Waals surface area (Å²) < 4.78 is -0.636. The van der Waals surface area contributed by atoms with Gasteiger partial charge in [-0.3, -0.25) is 4.79 Å². The number of hydrogen-bond acceptors (Lipinski definition) is 1. The van der Waals surface area contributed by atoms with Crippen LogP contribution < -0.4 is 5.32 Å². The van der Waals surface area contributed by atoms with Crippen molar-refractivity contribution >= 4 is 21.8 Å². The van der Waals surface area contributed by atoms with Gasteiger partial charge in [0.15, 0.2) is 0 Å². The van der Waals surface area contributed by atoms with Gasteiger partial charge in [0.05, 0.1) is 0 Å². The van der Waals surface area contributed by atoms with Gasteiger partial charge in [0.2, 0.25) is 5.91 Å². The summed E-state index contributed by atoms with van der Waals surface area (Å²) >= 11 is 3.40. The Balaban J connectivity index is 3.00. The molecule has 0 saturated carbocycles. The zero-order valence-corrected chi connectivity index (χ0v) is 9.26. The Morgan fingerprint density at radius 2 is 1.92 bits per heavy atom.